The number of carbonyl (C=O) groups excluding carboxylic acids is 1. The van der Waals surface area contributed by atoms with Gasteiger partial charge in [-0.1, -0.05) is 26.0 Å². The lowest BCUT2D eigenvalue weighted by Gasteiger charge is -2.19. The van der Waals surface area contributed by atoms with E-state index in [1.807, 2.05) is 6.92 Å². The number of nitrogens with one attached hydrogen (secondary N) is 1. The SMILES string of the molecule is CCN(CC)S(=O)(=O)c1ccc(C(C)NC(=O)C(C)N)cc1. The van der Waals surface area contributed by atoms with Crippen molar-refractivity contribution in [1.82, 2.24) is 9.62 Å². The third-order valence-corrected chi connectivity index (χ3v) is 5.56. The molecule has 22 heavy (non-hydrogen) atoms. The first-order valence-corrected chi connectivity index (χ1v) is 8.84. The fourth-order valence-electron chi connectivity index (χ4n) is 2.07. The quantitative estimate of drug-likeness (QED) is 0.788. The molecule has 3 N–H and O–H groups in total. The van der Waals surface area contributed by atoms with E-state index in [1.165, 1.54) is 4.31 Å². The summed E-state index contributed by atoms with van der Waals surface area (Å²) in [5.74, 6) is -0.243. The van der Waals surface area contributed by atoms with Crippen molar-refractivity contribution in [3.05, 3.63) is 29.8 Å². The van der Waals surface area contributed by atoms with Crippen LogP contribution in [0.4, 0.5) is 0 Å². The third kappa shape index (κ3) is 4.28. The molecule has 0 saturated heterocycles. The summed E-state index contributed by atoms with van der Waals surface area (Å²) in [4.78, 5) is 11.8. The highest BCUT2D eigenvalue weighted by Crippen LogP contribution is 2.19. The Morgan fingerprint density at radius 2 is 1.68 bits per heavy atom. The van der Waals surface area contributed by atoms with Gasteiger partial charge in [0.1, 0.15) is 0 Å². The molecule has 7 heteroatoms. The van der Waals surface area contributed by atoms with Crippen LogP contribution < -0.4 is 11.1 Å². The van der Waals surface area contributed by atoms with Crippen molar-refractivity contribution in [2.75, 3.05) is 13.1 Å². The Hall–Kier alpha value is -1.44. The van der Waals surface area contributed by atoms with E-state index in [0.717, 1.165) is 5.56 Å². The number of carbonyl (C=O) groups is 1. The standard InChI is InChI=1S/C15H25N3O3S/c1-5-18(6-2)22(20,21)14-9-7-13(8-10-14)12(4)17-15(19)11(3)16/h7-12H,5-6,16H2,1-4H3,(H,17,19). The van der Waals surface area contributed by atoms with Gasteiger partial charge in [-0.25, -0.2) is 8.42 Å². The molecule has 0 aliphatic rings. The molecule has 6 nitrogen and oxygen atoms in total. The number of hydrogen-bond acceptors (Lipinski definition) is 4. The first-order chi connectivity index (χ1) is 10.2. The Morgan fingerprint density at radius 3 is 2.09 bits per heavy atom. The molecule has 0 spiro atoms. The summed E-state index contributed by atoms with van der Waals surface area (Å²) in [6.45, 7) is 7.92. The maximum absolute atomic E-state index is 12.4. The van der Waals surface area contributed by atoms with Crippen LogP contribution in [0.1, 0.15) is 39.3 Å². The molecule has 0 radical (unpaired) electrons. The van der Waals surface area contributed by atoms with Crippen LogP contribution in [0.3, 0.4) is 0 Å². The summed E-state index contributed by atoms with van der Waals surface area (Å²) in [5.41, 5.74) is 6.34. The van der Waals surface area contributed by atoms with E-state index >= 15 is 0 Å². The van der Waals surface area contributed by atoms with Crippen LogP contribution in [0.2, 0.25) is 0 Å². The lowest BCUT2D eigenvalue weighted by Crippen LogP contribution is -2.39. The summed E-state index contributed by atoms with van der Waals surface area (Å²) in [7, 11) is -3.45. The fourth-order valence-corrected chi connectivity index (χ4v) is 3.53. The predicted octanol–water partition coefficient (Wildman–Crippen LogP) is 1.24. The van der Waals surface area contributed by atoms with Gasteiger partial charge in [0.05, 0.1) is 17.0 Å². The molecule has 0 aliphatic heterocycles. The van der Waals surface area contributed by atoms with Crippen LogP contribution >= 0.6 is 0 Å². The molecule has 0 aromatic heterocycles. The van der Waals surface area contributed by atoms with Gasteiger partial charge in [-0.3, -0.25) is 4.79 Å². The van der Waals surface area contributed by atoms with Gasteiger partial charge in [0.2, 0.25) is 15.9 Å². The molecule has 124 valence electrons. The highest BCUT2D eigenvalue weighted by Gasteiger charge is 2.21. The van der Waals surface area contributed by atoms with E-state index in [-0.39, 0.29) is 16.8 Å². The zero-order valence-corrected chi connectivity index (χ0v) is 14.4. The Balaban J connectivity index is 2.93. The number of nitrogens with two attached hydrogens (primary N) is 1. The topological polar surface area (TPSA) is 92.5 Å². The molecule has 0 saturated carbocycles. The zero-order valence-electron chi connectivity index (χ0n) is 13.5. The maximum Gasteiger partial charge on any atom is 0.243 e. The minimum atomic E-state index is -3.45. The van der Waals surface area contributed by atoms with Crippen molar-refractivity contribution in [1.29, 1.82) is 0 Å². The minimum Gasteiger partial charge on any atom is -0.348 e. The van der Waals surface area contributed by atoms with Crippen LogP contribution in [-0.4, -0.2) is 37.8 Å². The second-order valence-electron chi connectivity index (χ2n) is 5.18. The number of hydrogen-bond donors (Lipinski definition) is 2. The number of benzene rings is 1. The van der Waals surface area contributed by atoms with E-state index in [9.17, 15) is 13.2 Å². The van der Waals surface area contributed by atoms with Crippen LogP contribution in [0, 0.1) is 0 Å². The summed E-state index contributed by atoms with van der Waals surface area (Å²) < 4.78 is 26.2. The van der Waals surface area contributed by atoms with Gasteiger partial charge < -0.3 is 11.1 Å². The van der Waals surface area contributed by atoms with Gasteiger partial charge in [0.25, 0.3) is 0 Å². The summed E-state index contributed by atoms with van der Waals surface area (Å²) >= 11 is 0. The highest BCUT2D eigenvalue weighted by atomic mass is 32.2. The average Bonchev–Trinajstić information content (AvgIpc) is 2.48. The van der Waals surface area contributed by atoms with Crippen molar-refractivity contribution in [3.63, 3.8) is 0 Å². The first kappa shape index (κ1) is 18.6. The van der Waals surface area contributed by atoms with Gasteiger partial charge in [-0.2, -0.15) is 4.31 Å². The Labute approximate surface area is 132 Å². The van der Waals surface area contributed by atoms with E-state index < -0.39 is 16.1 Å². The number of nitrogens with zero attached hydrogens (tertiary/aromatic N) is 1. The number of amides is 1. The first-order valence-electron chi connectivity index (χ1n) is 7.40. The zero-order chi connectivity index (χ0) is 16.9. The molecule has 1 aromatic carbocycles. The number of rotatable bonds is 7. The summed E-state index contributed by atoms with van der Waals surface area (Å²) in [6.07, 6.45) is 0. The highest BCUT2D eigenvalue weighted by molar-refractivity contribution is 7.89. The normalized spacial score (nSPS) is 14.6. The van der Waals surface area contributed by atoms with Crippen molar-refractivity contribution in [3.8, 4) is 0 Å². The monoisotopic (exact) mass is 327 g/mol. The van der Waals surface area contributed by atoms with Crippen LogP contribution in [0.5, 0.6) is 0 Å². The Bertz CT molecular complexity index is 593. The van der Waals surface area contributed by atoms with Crippen molar-refractivity contribution < 1.29 is 13.2 Å². The van der Waals surface area contributed by atoms with Crippen molar-refractivity contribution in [2.24, 2.45) is 5.73 Å². The second kappa shape index (κ2) is 7.71. The molecule has 1 aromatic rings. The van der Waals surface area contributed by atoms with Gasteiger partial charge in [-0.15, -0.1) is 0 Å². The van der Waals surface area contributed by atoms with E-state index in [1.54, 1.807) is 45.0 Å². The molecule has 1 amide bonds. The molecule has 0 aliphatic carbocycles. The van der Waals surface area contributed by atoms with Gasteiger partial charge in [0, 0.05) is 13.1 Å². The van der Waals surface area contributed by atoms with E-state index in [2.05, 4.69) is 5.32 Å². The molecule has 2 atom stereocenters. The molecule has 1 rings (SSSR count). The molecule has 0 bridgehead atoms. The second-order valence-corrected chi connectivity index (χ2v) is 7.12. The summed E-state index contributed by atoms with van der Waals surface area (Å²) in [5, 5.41) is 2.78. The van der Waals surface area contributed by atoms with Crippen molar-refractivity contribution in [2.45, 2.75) is 44.7 Å². The number of sulfonamides is 1. The molecular formula is C15H25N3O3S. The summed E-state index contributed by atoms with van der Waals surface area (Å²) in [6, 6.07) is 5.74. The van der Waals surface area contributed by atoms with Crippen LogP contribution in [0.25, 0.3) is 0 Å². The predicted molar refractivity (Wildman–Crippen MR) is 86.8 cm³/mol. The Morgan fingerprint density at radius 1 is 1.18 bits per heavy atom. The smallest absolute Gasteiger partial charge is 0.243 e. The average molecular weight is 327 g/mol. The van der Waals surface area contributed by atoms with Gasteiger partial charge in [-0.05, 0) is 31.5 Å². The van der Waals surface area contributed by atoms with Crippen LogP contribution in [-0.2, 0) is 14.8 Å². The van der Waals surface area contributed by atoms with Gasteiger partial charge in [0.15, 0.2) is 0 Å². The lowest BCUT2D eigenvalue weighted by molar-refractivity contribution is -0.122. The third-order valence-electron chi connectivity index (χ3n) is 3.50. The molecule has 0 heterocycles. The van der Waals surface area contributed by atoms with E-state index in [4.69, 9.17) is 5.73 Å². The minimum absolute atomic E-state index is 0.233. The maximum atomic E-state index is 12.4. The van der Waals surface area contributed by atoms with Crippen molar-refractivity contribution >= 4 is 15.9 Å². The van der Waals surface area contributed by atoms with E-state index in [0.29, 0.717) is 13.1 Å². The van der Waals surface area contributed by atoms with Crippen LogP contribution in [0.15, 0.2) is 29.2 Å². The Kier molecular flexibility index (Phi) is 6.52. The largest absolute Gasteiger partial charge is 0.348 e. The molecule has 2 unspecified atom stereocenters. The molecule has 0 fully saturated rings. The molecular weight excluding hydrogens is 302 g/mol. The fraction of sp³-hybridized carbons (Fsp3) is 0.533. The lowest BCUT2D eigenvalue weighted by atomic mass is 10.1. The van der Waals surface area contributed by atoms with Gasteiger partial charge >= 0.3 is 0 Å².